The highest BCUT2D eigenvalue weighted by Crippen LogP contribution is 2.30. The van der Waals surface area contributed by atoms with Crippen LogP contribution in [0.25, 0.3) is 0 Å². The highest BCUT2D eigenvalue weighted by Gasteiger charge is 2.35. The topological polar surface area (TPSA) is 66.5 Å². The molecule has 0 saturated carbocycles. The Morgan fingerprint density at radius 2 is 1.69 bits per heavy atom. The number of nitrogens with zero attached hydrogens (tertiary/aromatic N) is 1. The van der Waals surface area contributed by atoms with Crippen LogP contribution in [-0.4, -0.2) is 25.3 Å². The Hall–Kier alpha value is -2.99. The zero-order chi connectivity index (χ0) is 18.9. The third-order valence-corrected chi connectivity index (χ3v) is 5.38. The monoisotopic (exact) mass is 380 g/mol. The van der Waals surface area contributed by atoms with Gasteiger partial charge in [-0.3, -0.25) is 0 Å². The quantitative estimate of drug-likeness (QED) is 0.772. The molecule has 2 aromatic carbocycles. The van der Waals surface area contributed by atoms with Crippen LogP contribution in [0, 0.1) is 11.8 Å². The van der Waals surface area contributed by atoms with E-state index < -0.39 is 34.3 Å². The highest BCUT2D eigenvalue weighted by molar-refractivity contribution is 7.90. The summed E-state index contributed by atoms with van der Waals surface area (Å²) in [6.45, 7) is -0.427. The fourth-order valence-electron chi connectivity index (χ4n) is 2.31. The van der Waals surface area contributed by atoms with Crippen molar-refractivity contribution in [3.63, 3.8) is 0 Å². The normalized spacial score (nSPS) is 15.5. The van der Waals surface area contributed by atoms with Crippen LogP contribution < -0.4 is 5.32 Å². The summed E-state index contributed by atoms with van der Waals surface area (Å²) in [5.41, 5.74) is -0.352. The fraction of sp³-hybridized carbons (Fsp3) is 0.118. The van der Waals surface area contributed by atoms with Gasteiger partial charge in [0.15, 0.2) is 0 Å². The van der Waals surface area contributed by atoms with E-state index in [9.17, 15) is 26.4 Å². The second-order valence-electron chi connectivity index (χ2n) is 5.31. The van der Waals surface area contributed by atoms with Gasteiger partial charge in [0.2, 0.25) is 0 Å². The number of nitrogens with one attached hydrogen (secondary N) is 1. The number of fused-ring (bicyclic) bond motifs is 1. The van der Waals surface area contributed by atoms with E-state index in [1.807, 2.05) is 0 Å². The van der Waals surface area contributed by atoms with E-state index in [2.05, 4.69) is 17.2 Å². The van der Waals surface area contributed by atoms with Gasteiger partial charge in [-0.2, -0.15) is 13.2 Å². The minimum Gasteiger partial charge on any atom is -0.306 e. The average molecular weight is 380 g/mol. The third-order valence-electron chi connectivity index (χ3n) is 3.59. The van der Waals surface area contributed by atoms with E-state index >= 15 is 0 Å². The van der Waals surface area contributed by atoms with Crippen molar-refractivity contribution in [1.82, 2.24) is 4.31 Å². The van der Waals surface area contributed by atoms with Crippen LogP contribution >= 0.6 is 0 Å². The minimum absolute atomic E-state index is 0.0454. The van der Waals surface area contributed by atoms with Crippen molar-refractivity contribution in [2.24, 2.45) is 0 Å². The van der Waals surface area contributed by atoms with Crippen LogP contribution in [0.15, 0.2) is 53.4 Å². The van der Waals surface area contributed by atoms with E-state index in [-0.39, 0.29) is 16.1 Å². The van der Waals surface area contributed by atoms with Crippen molar-refractivity contribution in [2.75, 3.05) is 11.9 Å². The lowest BCUT2D eigenvalue weighted by molar-refractivity contribution is -0.137. The lowest BCUT2D eigenvalue weighted by Gasteiger charge is -2.27. The van der Waals surface area contributed by atoms with Crippen LogP contribution in [0.2, 0.25) is 0 Å². The highest BCUT2D eigenvalue weighted by atomic mass is 32.2. The molecule has 0 aliphatic carbocycles. The lowest BCUT2D eigenvalue weighted by atomic mass is 10.1. The van der Waals surface area contributed by atoms with Crippen LogP contribution in [0.1, 0.15) is 11.1 Å². The molecule has 5 nitrogen and oxygen atoms in total. The summed E-state index contributed by atoms with van der Waals surface area (Å²) < 4.78 is 63.1. The number of hydrogen-bond donors (Lipinski definition) is 1. The Kier molecular flexibility index (Phi) is 4.38. The summed E-state index contributed by atoms with van der Waals surface area (Å²) in [5, 5.41) is 2.45. The number of sulfonamides is 1. The first kappa shape index (κ1) is 17.8. The van der Waals surface area contributed by atoms with Crippen LogP contribution in [0.5, 0.6) is 0 Å². The van der Waals surface area contributed by atoms with Crippen LogP contribution in [0.4, 0.5) is 23.7 Å². The molecule has 9 heteroatoms. The Labute approximate surface area is 147 Å². The fourth-order valence-corrected chi connectivity index (χ4v) is 3.70. The second-order valence-corrected chi connectivity index (χ2v) is 7.15. The van der Waals surface area contributed by atoms with Gasteiger partial charge in [0.25, 0.3) is 10.0 Å². The molecule has 0 bridgehead atoms. The van der Waals surface area contributed by atoms with Gasteiger partial charge < -0.3 is 5.32 Å². The largest absolute Gasteiger partial charge is 0.416 e. The van der Waals surface area contributed by atoms with E-state index in [0.717, 1.165) is 12.1 Å². The Morgan fingerprint density at radius 3 is 2.35 bits per heavy atom. The van der Waals surface area contributed by atoms with Gasteiger partial charge >= 0.3 is 12.2 Å². The van der Waals surface area contributed by atoms with Crippen LogP contribution in [0.3, 0.4) is 0 Å². The molecule has 1 aliphatic heterocycles. The molecule has 26 heavy (non-hydrogen) atoms. The predicted octanol–water partition coefficient (Wildman–Crippen LogP) is 3.29. The third kappa shape index (κ3) is 3.36. The number of carbonyl (C=O) groups is 1. The Morgan fingerprint density at radius 1 is 1.04 bits per heavy atom. The number of benzene rings is 2. The molecule has 134 valence electrons. The summed E-state index contributed by atoms with van der Waals surface area (Å²) >= 11 is 0. The predicted molar refractivity (Wildman–Crippen MR) is 87.7 cm³/mol. The molecule has 1 aliphatic rings. The smallest absolute Gasteiger partial charge is 0.306 e. The molecule has 3 rings (SSSR count). The molecular formula is C17H11F3N2O3S. The van der Waals surface area contributed by atoms with Crippen molar-refractivity contribution in [2.45, 2.75) is 11.1 Å². The first-order valence-corrected chi connectivity index (χ1v) is 8.72. The summed E-state index contributed by atoms with van der Waals surface area (Å²) in [6.07, 6.45) is -4.45. The number of halogens is 3. The van der Waals surface area contributed by atoms with Crippen molar-refractivity contribution >= 4 is 21.7 Å². The van der Waals surface area contributed by atoms with Gasteiger partial charge in [-0.1, -0.05) is 24.0 Å². The summed E-state index contributed by atoms with van der Waals surface area (Å²) in [4.78, 5) is 12.0. The molecule has 1 N–H and O–H groups in total. The van der Waals surface area contributed by atoms with Crippen molar-refractivity contribution < 1.29 is 26.4 Å². The standard InChI is InChI=1S/C17H11F3N2O3S/c18-17(19,20)13-9-7-12(8-10-13)4-3-11-22-16(23)21-14-5-1-2-6-15(14)26(22,24)25/h1-2,5-10H,11H2,(H,21,23). The van der Waals surface area contributed by atoms with E-state index in [1.165, 1.54) is 30.3 Å². The first-order chi connectivity index (χ1) is 12.2. The van der Waals surface area contributed by atoms with Crippen molar-refractivity contribution in [1.29, 1.82) is 0 Å². The van der Waals surface area contributed by atoms with E-state index in [4.69, 9.17) is 0 Å². The summed E-state index contributed by atoms with van der Waals surface area (Å²) in [7, 11) is -4.04. The Balaban J connectivity index is 1.81. The number of urea groups is 1. The first-order valence-electron chi connectivity index (χ1n) is 7.28. The number of carbonyl (C=O) groups excluding carboxylic acids is 1. The van der Waals surface area contributed by atoms with Gasteiger partial charge in [0, 0.05) is 5.56 Å². The maximum atomic E-state index is 12.5. The summed E-state index contributed by atoms with van der Waals surface area (Å²) in [6, 6.07) is 9.22. The molecule has 0 atom stereocenters. The summed E-state index contributed by atoms with van der Waals surface area (Å²) in [5.74, 6) is 5.05. The maximum absolute atomic E-state index is 12.5. The molecule has 2 aromatic rings. The number of para-hydroxylation sites is 1. The average Bonchev–Trinajstić information content (AvgIpc) is 2.57. The minimum atomic E-state index is -4.45. The van der Waals surface area contributed by atoms with E-state index in [0.29, 0.717) is 4.31 Å². The maximum Gasteiger partial charge on any atom is 0.416 e. The van der Waals surface area contributed by atoms with Crippen molar-refractivity contribution in [3.8, 4) is 11.8 Å². The zero-order valence-corrected chi connectivity index (χ0v) is 13.9. The van der Waals surface area contributed by atoms with Gasteiger partial charge in [-0.25, -0.2) is 17.5 Å². The molecule has 0 spiro atoms. The number of rotatable bonds is 1. The molecule has 2 amide bonds. The SMILES string of the molecule is O=C1Nc2ccccc2S(=O)(=O)N1CC#Cc1ccc(C(F)(F)F)cc1. The number of amides is 2. The second kappa shape index (κ2) is 6.38. The number of hydrogen-bond acceptors (Lipinski definition) is 3. The molecule has 0 unspecified atom stereocenters. The van der Waals surface area contributed by atoms with Gasteiger partial charge in [-0.15, -0.1) is 0 Å². The lowest BCUT2D eigenvalue weighted by Crippen LogP contribution is -2.44. The van der Waals surface area contributed by atoms with Crippen molar-refractivity contribution in [3.05, 3.63) is 59.7 Å². The zero-order valence-electron chi connectivity index (χ0n) is 13.0. The molecule has 0 aromatic heterocycles. The number of anilines is 1. The Bertz CT molecular complexity index is 1020. The van der Waals surface area contributed by atoms with Gasteiger partial charge in [-0.05, 0) is 36.4 Å². The molecule has 0 radical (unpaired) electrons. The van der Waals surface area contributed by atoms with Crippen LogP contribution in [-0.2, 0) is 16.2 Å². The number of alkyl halides is 3. The van der Waals surface area contributed by atoms with E-state index in [1.54, 1.807) is 6.07 Å². The van der Waals surface area contributed by atoms with Gasteiger partial charge in [0.05, 0.1) is 11.3 Å². The molecule has 1 heterocycles. The molecule has 0 fully saturated rings. The van der Waals surface area contributed by atoms with Gasteiger partial charge in [0.1, 0.15) is 11.4 Å². The molecular weight excluding hydrogens is 369 g/mol. The molecule has 0 saturated heterocycles.